The maximum absolute atomic E-state index is 13.5. The van der Waals surface area contributed by atoms with Gasteiger partial charge in [-0.3, -0.25) is 0 Å². The van der Waals surface area contributed by atoms with Gasteiger partial charge in [0.1, 0.15) is 0 Å². The summed E-state index contributed by atoms with van der Waals surface area (Å²) in [4.78, 5) is 0. The molecule has 6 nitrogen and oxygen atoms in total. The molecular formula is C69H105F3O6. The van der Waals surface area contributed by atoms with Crippen LogP contribution < -0.4 is 0 Å². The van der Waals surface area contributed by atoms with Gasteiger partial charge in [-0.1, -0.05) is 85.8 Å². The van der Waals surface area contributed by atoms with Crippen LogP contribution in [0.1, 0.15) is 189 Å². The first-order valence-electron chi connectivity index (χ1n) is 32.5. The van der Waals surface area contributed by atoms with E-state index in [0.717, 1.165) is 130 Å². The summed E-state index contributed by atoms with van der Waals surface area (Å²) in [6.45, 7) is 12.9. The summed E-state index contributed by atoms with van der Waals surface area (Å²) in [6.07, 6.45) is 54.0. The second-order valence-corrected chi connectivity index (χ2v) is 28.4. The van der Waals surface area contributed by atoms with Gasteiger partial charge in [-0.15, -0.1) is 0 Å². The number of hydrogen-bond acceptors (Lipinski definition) is 6. The number of halogens is 3. The van der Waals surface area contributed by atoms with Crippen LogP contribution >= 0.6 is 0 Å². The van der Waals surface area contributed by atoms with Crippen molar-refractivity contribution in [3.8, 4) is 0 Å². The Hall–Kier alpha value is -2.01. The molecule has 12 aliphatic rings. The fourth-order valence-electron chi connectivity index (χ4n) is 17.4. The van der Waals surface area contributed by atoms with Crippen molar-refractivity contribution < 1.29 is 41.6 Å². The van der Waals surface area contributed by atoms with Crippen LogP contribution in [0.4, 0.5) is 13.2 Å². The lowest BCUT2D eigenvalue weighted by atomic mass is 9.89. The molecule has 0 N–H and O–H groups in total. The van der Waals surface area contributed by atoms with E-state index in [2.05, 4.69) is 101 Å². The van der Waals surface area contributed by atoms with E-state index in [1.807, 2.05) is 0 Å². The summed E-state index contributed by atoms with van der Waals surface area (Å²) >= 11 is 0. The summed E-state index contributed by atoms with van der Waals surface area (Å²) in [5.41, 5.74) is 0. The van der Waals surface area contributed by atoms with E-state index in [1.54, 1.807) is 0 Å². The van der Waals surface area contributed by atoms with Crippen molar-refractivity contribution in [3.05, 3.63) is 72.9 Å². The van der Waals surface area contributed by atoms with Crippen molar-refractivity contribution in [3.63, 3.8) is 0 Å². The molecule has 0 spiro atoms. The maximum Gasteiger partial charge on any atom is 0.442 e. The normalized spacial score (nSPS) is 38.2. The van der Waals surface area contributed by atoms with Gasteiger partial charge in [-0.05, 0) is 282 Å². The van der Waals surface area contributed by atoms with E-state index in [0.29, 0.717) is 48.3 Å². The molecule has 6 fully saturated rings. The molecule has 0 amide bonds. The van der Waals surface area contributed by atoms with E-state index < -0.39 is 23.5 Å². The standard InChI is InChI=1S/C25H40O2.C23H36O2.C21H29F3O2/c1-25(2,26-13-5-3-7-21-15-19-9-11-23(21)17-19)27-14-6-4-8-22-16-20-10-12-24(22)18-20;1-23(2,24-11-3-5-19-13-17-7-9-21(19)15-17)25-12-4-6-20-14-18-8-10-22(20)16-18;1-20(21(22,23)24,25-8-6-18-12-14-2-4-16(18)10-14)26-9-7-19-13-15-3-5-17(19)11-15/h9-12,19-24H,3-8,13-18H2,1-2H3;7-10,17-22H,3-6,11-16H2,1-2H3;2-5,14-19H,6-13H2,1H3. The Balaban J connectivity index is 0.000000132. The number of ether oxygens (including phenoxy) is 6. The Bertz CT molecular complexity index is 1940. The van der Waals surface area contributed by atoms with Crippen LogP contribution in [0.15, 0.2) is 72.9 Å². The van der Waals surface area contributed by atoms with Gasteiger partial charge in [0.2, 0.25) is 0 Å². The highest BCUT2D eigenvalue weighted by atomic mass is 19.4. The smallest absolute Gasteiger partial charge is 0.351 e. The summed E-state index contributed by atoms with van der Waals surface area (Å²) in [5.74, 6) is 10.8. The van der Waals surface area contributed by atoms with E-state index in [9.17, 15) is 13.2 Å². The lowest BCUT2D eigenvalue weighted by Crippen LogP contribution is -2.48. The molecular weight excluding hydrogens is 982 g/mol. The zero-order valence-corrected chi connectivity index (χ0v) is 49.1. The quantitative estimate of drug-likeness (QED) is 0.0406. The fourth-order valence-corrected chi connectivity index (χ4v) is 17.4. The zero-order valence-electron chi connectivity index (χ0n) is 49.1. The molecule has 0 saturated heterocycles. The number of rotatable bonds is 30. The van der Waals surface area contributed by atoms with Gasteiger partial charge in [0.15, 0.2) is 11.6 Å². The average Bonchev–Trinajstić information content (AvgIpc) is 4.29. The van der Waals surface area contributed by atoms with E-state index in [1.165, 1.54) is 116 Å². The van der Waals surface area contributed by atoms with Gasteiger partial charge >= 0.3 is 6.18 Å². The van der Waals surface area contributed by atoms with Crippen molar-refractivity contribution in [2.45, 2.75) is 212 Å². The Morgan fingerprint density at radius 3 is 0.756 bits per heavy atom. The van der Waals surface area contributed by atoms with E-state index in [-0.39, 0.29) is 13.2 Å². The van der Waals surface area contributed by atoms with Crippen molar-refractivity contribution in [2.75, 3.05) is 39.6 Å². The molecule has 18 unspecified atom stereocenters. The largest absolute Gasteiger partial charge is 0.442 e. The minimum Gasteiger partial charge on any atom is -0.351 e. The number of unbranched alkanes of at least 4 members (excludes halogenated alkanes) is 2. The second-order valence-electron chi connectivity index (χ2n) is 28.4. The Labute approximate surface area is 471 Å². The summed E-state index contributed by atoms with van der Waals surface area (Å²) in [5, 5.41) is 0. The monoisotopic (exact) mass is 1090 g/mol. The van der Waals surface area contributed by atoms with Gasteiger partial charge < -0.3 is 28.4 Å². The molecule has 18 atom stereocenters. The molecule has 0 aromatic rings. The van der Waals surface area contributed by atoms with Crippen LogP contribution in [0.3, 0.4) is 0 Å². The number of allylic oxidation sites excluding steroid dienone is 12. The molecule has 9 heteroatoms. The van der Waals surface area contributed by atoms with Crippen molar-refractivity contribution in [1.82, 2.24) is 0 Å². The van der Waals surface area contributed by atoms with Gasteiger partial charge in [0, 0.05) is 13.2 Å². The molecule has 78 heavy (non-hydrogen) atoms. The fraction of sp³-hybridized carbons (Fsp3) is 0.826. The number of hydrogen-bond donors (Lipinski definition) is 0. The molecule has 12 rings (SSSR count). The van der Waals surface area contributed by atoms with Gasteiger partial charge in [0.25, 0.3) is 5.79 Å². The van der Waals surface area contributed by atoms with E-state index in [4.69, 9.17) is 28.4 Å². The third kappa shape index (κ3) is 16.0. The second kappa shape index (κ2) is 26.7. The van der Waals surface area contributed by atoms with Crippen LogP contribution in [-0.2, 0) is 28.4 Å². The van der Waals surface area contributed by atoms with Gasteiger partial charge in [-0.25, -0.2) is 0 Å². The van der Waals surface area contributed by atoms with Crippen LogP contribution in [-0.4, -0.2) is 63.2 Å². The molecule has 0 aliphatic heterocycles. The van der Waals surface area contributed by atoms with Crippen LogP contribution in [0.25, 0.3) is 0 Å². The SMILES string of the molecule is CC(C)(OCCCC1CC2C=CC1C2)OCCCC1CC2C=CC1C2.CC(C)(OCCCCC1CC2C=CC1C2)OCCCCC1CC2C=CC1C2.CC(OCCC1CC2C=CC1C2)(OCCC1CC2C=CC1C2)C(F)(F)F. The number of fused-ring (bicyclic) bond motifs is 12. The first-order valence-corrected chi connectivity index (χ1v) is 32.5. The average molecular weight is 1090 g/mol. The highest BCUT2D eigenvalue weighted by Crippen LogP contribution is 2.50. The first kappa shape index (κ1) is 59.2. The Morgan fingerprint density at radius 2 is 0.526 bits per heavy atom. The van der Waals surface area contributed by atoms with Crippen molar-refractivity contribution >= 4 is 0 Å². The van der Waals surface area contributed by atoms with Crippen LogP contribution in [0, 0.1) is 107 Å². The van der Waals surface area contributed by atoms with Gasteiger partial charge in [0.05, 0.1) is 26.4 Å². The lowest BCUT2D eigenvalue weighted by molar-refractivity contribution is -0.374. The summed E-state index contributed by atoms with van der Waals surface area (Å²) in [6, 6.07) is 0. The molecule has 12 aliphatic carbocycles. The predicted molar refractivity (Wildman–Crippen MR) is 307 cm³/mol. The predicted octanol–water partition coefficient (Wildman–Crippen LogP) is 17.8. The molecule has 0 heterocycles. The zero-order chi connectivity index (χ0) is 54.3. The molecule has 438 valence electrons. The van der Waals surface area contributed by atoms with Crippen molar-refractivity contribution in [1.29, 1.82) is 0 Å². The molecule has 0 aromatic carbocycles. The minimum absolute atomic E-state index is 0.106. The maximum atomic E-state index is 13.5. The molecule has 0 aromatic heterocycles. The number of alkyl halides is 3. The third-order valence-electron chi connectivity index (χ3n) is 21.9. The Morgan fingerprint density at radius 1 is 0.282 bits per heavy atom. The molecule has 6 saturated carbocycles. The lowest BCUT2D eigenvalue weighted by Gasteiger charge is -2.33. The molecule has 0 radical (unpaired) electrons. The summed E-state index contributed by atoms with van der Waals surface area (Å²) < 4.78 is 75.3. The molecule has 12 bridgehead atoms. The first-order chi connectivity index (χ1) is 37.5. The van der Waals surface area contributed by atoms with Crippen molar-refractivity contribution in [2.24, 2.45) is 107 Å². The summed E-state index contributed by atoms with van der Waals surface area (Å²) in [7, 11) is 0. The van der Waals surface area contributed by atoms with E-state index >= 15 is 0 Å². The van der Waals surface area contributed by atoms with Crippen LogP contribution in [0.5, 0.6) is 0 Å². The third-order valence-corrected chi connectivity index (χ3v) is 21.9. The highest BCUT2D eigenvalue weighted by Gasteiger charge is 2.54. The van der Waals surface area contributed by atoms with Gasteiger partial charge in [-0.2, -0.15) is 13.2 Å². The topological polar surface area (TPSA) is 55.4 Å². The highest BCUT2D eigenvalue weighted by molar-refractivity contribution is 5.14. The minimum atomic E-state index is -4.52. The van der Waals surface area contributed by atoms with Crippen LogP contribution in [0.2, 0.25) is 0 Å². The Kier molecular flexibility index (Phi) is 20.3.